The van der Waals surface area contributed by atoms with E-state index in [0.29, 0.717) is 30.1 Å². The summed E-state index contributed by atoms with van der Waals surface area (Å²) in [7, 11) is 3.29. The van der Waals surface area contributed by atoms with Crippen LogP contribution in [0.15, 0.2) is 59.9 Å². The third-order valence-corrected chi connectivity index (χ3v) is 6.00. The van der Waals surface area contributed by atoms with Crippen LogP contribution >= 0.6 is 0 Å². The third-order valence-electron chi connectivity index (χ3n) is 6.00. The van der Waals surface area contributed by atoms with Crippen LogP contribution in [0.5, 0.6) is 17.2 Å². The van der Waals surface area contributed by atoms with Crippen molar-refractivity contribution in [2.45, 2.75) is 31.9 Å². The molecule has 1 saturated heterocycles. The smallest absolute Gasteiger partial charge is 0.256 e. The molecule has 0 spiro atoms. The molecule has 4 rings (SSSR count). The highest BCUT2D eigenvalue weighted by atomic mass is 16.5. The van der Waals surface area contributed by atoms with Gasteiger partial charge in [0.25, 0.3) is 5.91 Å². The number of hydrogen-bond acceptors (Lipinski definition) is 5. The van der Waals surface area contributed by atoms with Crippen molar-refractivity contribution >= 4 is 12.0 Å². The van der Waals surface area contributed by atoms with Gasteiger partial charge in [0.1, 0.15) is 11.5 Å². The number of piperidine rings is 1. The van der Waals surface area contributed by atoms with Crippen molar-refractivity contribution in [1.29, 1.82) is 0 Å². The number of hydrogen-bond donors (Lipinski definition) is 1. The van der Waals surface area contributed by atoms with E-state index < -0.39 is 5.72 Å². The summed E-state index contributed by atoms with van der Waals surface area (Å²) < 4.78 is 17.1. The maximum Gasteiger partial charge on any atom is 0.256 e. The molecule has 2 aliphatic rings. The average molecular weight is 421 g/mol. The summed E-state index contributed by atoms with van der Waals surface area (Å²) in [5, 5.41) is 11.0. The van der Waals surface area contributed by atoms with E-state index in [4.69, 9.17) is 14.2 Å². The van der Waals surface area contributed by atoms with Gasteiger partial charge >= 0.3 is 0 Å². The molecule has 6 heteroatoms. The molecule has 2 unspecified atom stereocenters. The Kier molecular flexibility index (Phi) is 5.39. The van der Waals surface area contributed by atoms with Crippen molar-refractivity contribution in [3.63, 3.8) is 0 Å². The van der Waals surface area contributed by atoms with Gasteiger partial charge in [0, 0.05) is 24.9 Å². The van der Waals surface area contributed by atoms with Gasteiger partial charge in [0.2, 0.25) is 0 Å². The topological polar surface area (TPSA) is 68.2 Å². The molecule has 2 atom stereocenters. The zero-order chi connectivity index (χ0) is 22.2. The van der Waals surface area contributed by atoms with Crippen LogP contribution in [0.3, 0.4) is 0 Å². The third kappa shape index (κ3) is 3.63. The summed E-state index contributed by atoms with van der Waals surface area (Å²) in [5.74, 6) is 1.49. The van der Waals surface area contributed by atoms with E-state index in [-0.39, 0.29) is 17.6 Å². The Hall–Kier alpha value is -3.41. The first kappa shape index (κ1) is 20.8. The number of nitrogens with zero attached hydrogens (tertiary/aromatic N) is 1. The molecule has 0 saturated carbocycles. The van der Waals surface area contributed by atoms with Gasteiger partial charge in [0.05, 0.1) is 19.3 Å². The maximum absolute atomic E-state index is 13.2. The highest BCUT2D eigenvalue weighted by Crippen LogP contribution is 2.50. The number of likely N-dealkylation sites (N-methyl/N-ethyl adjacent to an activating group) is 1. The van der Waals surface area contributed by atoms with Gasteiger partial charge < -0.3 is 24.2 Å². The van der Waals surface area contributed by atoms with Crippen LogP contribution in [-0.2, 0) is 4.79 Å². The van der Waals surface area contributed by atoms with Crippen LogP contribution in [0.4, 0.5) is 0 Å². The van der Waals surface area contributed by atoms with Crippen LogP contribution in [-0.4, -0.2) is 42.4 Å². The lowest BCUT2D eigenvalue weighted by molar-refractivity contribution is -0.153. The number of methoxy groups -OCH3 is 1. The molecule has 2 bridgehead atoms. The Morgan fingerprint density at radius 1 is 1.29 bits per heavy atom. The number of likely N-dealkylation sites (tertiary alicyclic amines) is 1. The second kappa shape index (κ2) is 8.02. The van der Waals surface area contributed by atoms with E-state index in [1.54, 1.807) is 31.2 Å². The summed E-state index contributed by atoms with van der Waals surface area (Å²) in [6.45, 7) is 4.36. The lowest BCUT2D eigenvalue weighted by atomic mass is 9.77. The van der Waals surface area contributed by atoms with Crippen molar-refractivity contribution in [2.75, 3.05) is 20.8 Å². The van der Waals surface area contributed by atoms with Crippen LogP contribution in [0, 0.1) is 0 Å². The molecule has 1 fully saturated rings. The minimum Gasteiger partial charge on any atom is -0.507 e. The van der Waals surface area contributed by atoms with Gasteiger partial charge in [-0.25, -0.2) is 0 Å². The first-order valence-electron chi connectivity index (χ1n) is 10.4. The SMILES string of the molecule is CCOc1ccc(/C=C/C(O)=C2\C(=O)N(C)C3(C)CC2c2ccccc2O3)cc1OC. The fourth-order valence-corrected chi connectivity index (χ4v) is 4.25. The first-order chi connectivity index (χ1) is 14.9. The van der Waals surface area contributed by atoms with Crippen molar-refractivity contribution in [3.8, 4) is 17.2 Å². The zero-order valence-electron chi connectivity index (χ0n) is 18.2. The van der Waals surface area contributed by atoms with E-state index in [1.165, 1.54) is 0 Å². The number of allylic oxidation sites excluding steroid dienone is 1. The number of fused-ring (bicyclic) bond motifs is 4. The van der Waals surface area contributed by atoms with E-state index in [9.17, 15) is 9.90 Å². The lowest BCUT2D eigenvalue weighted by Crippen LogP contribution is -2.59. The number of aliphatic hydroxyl groups is 1. The molecular weight excluding hydrogens is 394 g/mol. The van der Waals surface area contributed by atoms with E-state index in [1.807, 2.05) is 56.3 Å². The molecular formula is C25H27NO5. The van der Waals surface area contributed by atoms with Gasteiger partial charge in [-0.2, -0.15) is 0 Å². The lowest BCUT2D eigenvalue weighted by Gasteiger charge is -2.49. The average Bonchev–Trinajstić information content (AvgIpc) is 2.77. The Morgan fingerprint density at radius 2 is 2.06 bits per heavy atom. The highest BCUT2D eigenvalue weighted by molar-refractivity contribution is 5.98. The first-order valence-corrected chi connectivity index (χ1v) is 10.4. The fourth-order valence-electron chi connectivity index (χ4n) is 4.25. The second-order valence-electron chi connectivity index (χ2n) is 7.91. The second-order valence-corrected chi connectivity index (χ2v) is 7.91. The van der Waals surface area contributed by atoms with Crippen LogP contribution in [0.2, 0.25) is 0 Å². The standard InChI is InChI=1S/C25H27NO5/c1-5-30-21-13-11-16(14-22(21)29-4)10-12-19(27)23-18-15-25(2,26(3)24(23)28)31-20-9-7-6-8-17(18)20/h6-14,18,27H,5,15H2,1-4H3/b12-10+,23-19+. The molecule has 6 nitrogen and oxygen atoms in total. The van der Waals surface area contributed by atoms with Crippen LogP contribution in [0.25, 0.3) is 6.08 Å². The molecule has 162 valence electrons. The van der Waals surface area contributed by atoms with E-state index >= 15 is 0 Å². The fraction of sp³-hybridized carbons (Fsp3) is 0.320. The number of rotatable bonds is 5. The summed E-state index contributed by atoms with van der Waals surface area (Å²) in [6.07, 6.45) is 3.90. The predicted octanol–water partition coefficient (Wildman–Crippen LogP) is 4.67. The molecule has 0 radical (unpaired) electrons. The van der Waals surface area contributed by atoms with Gasteiger partial charge in [-0.05, 0) is 43.7 Å². The van der Waals surface area contributed by atoms with Gasteiger partial charge in [-0.1, -0.05) is 30.3 Å². The van der Waals surface area contributed by atoms with Crippen molar-refractivity contribution in [3.05, 3.63) is 71.0 Å². The van der Waals surface area contributed by atoms with E-state index in [2.05, 4.69) is 0 Å². The number of ether oxygens (including phenoxy) is 3. The Labute approximate surface area is 182 Å². The molecule has 1 N–H and O–H groups in total. The monoisotopic (exact) mass is 421 g/mol. The van der Waals surface area contributed by atoms with Crippen molar-refractivity contribution in [1.82, 2.24) is 4.90 Å². The zero-order valence-corrected chi connectivity index (χ0v) is 18.2. The molecule has 2 aromatic rings. The largest absolute Gasteiger partial charge is 0.507 e. The maximum atomic E-state index is 13.2. The predicted molar refractivity (Wildman–Crippen MR) is 118 cm³/mol. The van der Waals surface area contributed by atoms with Gasteiger partial charge in [-0.15, -0.1) is 0 Å². The number of carbonyl (C=O) groups is 1. The van der Waals surface area contributed by atoms with Crippen LogP contribution < -0.4 is 14.2 Å². The summed E-state index contributed by atoms with van der Waals surface area (Å²) in [5.41, 5.74) is 1.37. The van der Waals surface area contributed by atoms with Crippen molar-refractivity contribution in [2.24, 2.45) is 0 Å². The summed E-state index contributed by atoms with van der Waals surface area (Å²) >= 11 is 0. The summed E-state index contributed by atoms with van der Waals surface area (Å²) in [6, 6.07) is 13.2. The van der Waals surface area contributed by atoms with Gasteiger partial charge in [0.15, 0.2) is 17.2 Å². The molecule has 2 aliphatic heterocycles. The minimum atomic E-state index is -0.744. The summed E-state index contributed by atoms with van der Waals surface area (Å²) in [4.78, 5) is 14.7. The molecule has 2 aromatic carbocycles. The van der Waals surface area contributed by atoms with E-state index in [0.717, 1.165) is 16.9 Å². The van der Waals surface area contributed by atoms with Gasteiger partial charge in [-0.3, -0.25) is 4.79 Å². The molecule has 0 aliphatic carbocycles. The number of amides is 1. The number of benzene rings is 2. The molecule has 31 heavy (non-hydrogen) atoms. The number of para-hydroxylation sites is 1. The highest BCUT2D eigenvalue weighted by Gasteiger charge is 2.50. The molecule has 2 heterocycles. The molecule has 1 amide bonds. The van der Waals surface area contributed by atoms with Crippen LogP contribution in [0.1, 0.15) is 37.3 Å². The quantitative estimate of drug-likeness (QED) is 0.561. The number of aliphatic hydroxyl groups excluding tert-OH is 1. The molecule has 0 aromatic heterocycles. The minimum absolute atomic E-state index is 0.0477. The Morgan fingerprint density at radius 3 is 2.81 bits per heavy atom. The Bertz CT molecular complexity index is 1070. The Balaban J connectivity index is 1.72. The van der Waals surface area contributed by atoms with Crippen molar-refractivity contribution < 1.29 is 24.1 Å². The number of carbonyl (C=O) groups excluding carboxylic acids is 1. The normalized spacial score (nSPS) is 23.9.